The van der Waals surface area contributed by atoms with E-state index in [1.807, 2.05) is 72.8 Å². The normalized spacial score (nSPS) is 9.70. The highest BCUT2D eigenvalue weighted by Gasteiger charge is 2.26. The molecule has 0 amide bonds. The van der Waals surface area contributed by atoms with Gasteiger partial charge in [0, 0.05) is 5.46 Å². The van der Waals surface area contributed by atoms with Gasteiger partial charge >= 0.3 is 7.12 Å². The van der Waals surface area contributed by atoms with E-state index < -0.39 is 7.12 Å². The quantitative estimate of drug-likeness (QED) is 0.678. The maximum absolute atomic E-state index is 8.92. The van der Waals surface area contributed by atoms with E-state index in [0.29, 0.717) is 5.56 Å². The van der Waals surface area contributed by atoms with Crippen LogP contribution in [0.25, 0.3) is 0 Å². The molecule has 0 saturated heterocycles. The van der Waals surface area contributed by atoms with E-state index in [-0.39, 0.29) is 0 Å². The third kappa shape index (κ3) is 3.93. The van der Waals surface area contributed by atoms with Crippen LogP contribution in [0.5, 0.6) is 11.5 Å². The lowest BCUT2D eigenvalue weighted by Crippen LogP contribution is -2.42. The van der Waals surface area contributed by atoms with Crippen molar-refractivity contribution in [3.05, 3.63) is 90.5 Å². The molecule has 0 aliphatic heterocycles. The molecule has 0 aliphatic rings. The van der Waals surface area contributed by atoms with Gasteiger partial charge in [0.1, 0.15) is 11.5 Å². The van der Waals surface area contributed by atoms with Crippen LogP contribution in [0.1, 0.15) is 5.56 Å². The van der Waals surface area contributed by atoms with Gasteiger partial charge in [-0.1, -0.05) is 48.5 Å². The average Bonchev–Trinajstić information content (AvgIpc) is 2.63. The molecule has 0 bridgehead atoms. The number of rotatable bonds is 5. The molecule has 0 atom stereocenters. The van der Waals surface area contributed by atoms with Gasteiger partial charge < -0.3 is 9.31 Å². The molecule has 0 N–H and O–H groups in total. The van der Waals surface area contributed by atoms with Crippen molar-refractivity contribution < 1.29 is 9.31 Å². The molecular formula is C19H14BNO2. The van der Waals surface area contributed by atoms with Crippen molar-refractivity contribution in [2.75, 3.05) is 0 Å². The van der Waals surface area contributed by atoms with Crippen LogP contribution >= 0.6 is 0 Å². The van der Waals surface area contributed by atoms with Crippen LogP contribution in [-0.4, -0.2) is 7.12 Å². The van der Waals surface area contributed by atoms with Gasteiger partial charge in [0.15, 0.2) is 0 Å². The van der Waals surface area contributed by atoms with Crippen molar-refractivity contribution in [2.45, 2.75) is 0 Å². The fraction of sp³-hybridized carbons (Fsp3) is 0. The van der Waals surface area contributed by atoms with Crippen molar-refractivity contribution in [3.63, 3.8) is 0 Å². The first-order valence-electron chi connectivity index (χ1n) is 7.28. The summed E-state index contributed by atoms with van der Waals surface area (Å²) in [5, 5.41) is 8.92. The molecule has 0 radical (unpaired) electrons. The second kappa shape index (κ2) is 7.19. The zero-order valence-electron chi connectivity index (χ0n) is 12.4. The van der Waals surface area contributed by atoms with Crippen molar-refractivity contribution in [1.29, 1.82) is 5.26 Å². The van der Waals surface area contributed by atoms with E-state index in [0.717, 1.165) is 17.0 Å². The summed E-state index contributed by atoms with van der Waals surface area (Å²) >= 11 is 0. The second-order valence-electron chi connectivity index (χ2n) is 4.93. The summed E-state index contributed by atoms with van der Waals surface area (Å²) in [5.74, 6) is 1.44. The topological polar surface area (TPSA) is 42.2 Å². The fourth-order valence-corrected chi connectivity index (χ4v) is 2.12. The van der Waals surface area contributed by atoms with Crippen molar-refractivity contribution in [2.24, 2.45) is 0 Å². The number of hydrogen-bond donors (Lipinski definition) is 0. The van der Waals surface area contributed by atoms with Crippen LogP contribution < -0.4 is 14.8 Å². The predicted molar refractivity (Wildman–Crippen MR) is 90.7 cm³/mol. The first-order valence-corrected chi connectivity index (χ1v) is 7.28. The fourth-order valence-electron chi connectivity index (χ4n) is 2.12. The largest absolute Gasteiger partial charge is 0.632 e. The van der Waals surface area contributed by atoms with Gasteiger partial charge in [-0.3, -0.25) is 0 Å². The van der Waals surface area contributed by atoms with E-state index in [2.05, 4.69) is 6.07 Å². The van der Waals surface area contributed by atoms with Gasteiger partial charge in [-0.2, -0.15) is 5.26 Å². The van der Waals surface area contributed by atoms with E-state index in [1.165, 1.54) is 0 Å². The Bertz CT molecular complexity index is 742. The molecule has 23 heavy (non-hydrogen) atoms. The molecule has 0 aliphatic carbocycles. The summed E-state index contributed by atoms with van der Waals surface area (Å²) in [4.78, 5) is 0. The van der Waals surface area contributed by atoms with Gasteiger partial charge in [0.2, 0.25) is 0 Å². The Morgan fingerprint density at radius 3 is 1.57 bits per heavy atom. The van der Waals surface area contributed by atoms with Crippen LogP contribution in [0, 0.1) is 11.3 Å². The Balaban J connectivity index is 1.87. The molecule has 3 aromatic rings. The zero-order valence-corrected chi connectivity index (χ0v) is 12.4. The Morgan fingerprint density at radius 2 is 1.13 bits per heavy atom. The summed E-state index contributed by atoms with van der Waals surface area (Å²) in [5.41, 5.74) is 1.45. The van der Waals surface area contributed by atoms with E-state index in [1.54, 1.807) is 12.1 Å². The SMILES string of the molecule is N#Cc1ccc(B(Oc2ccccc2)Oc2ccccc2)cc1. The average molecular weight is 299 g/mol. The minimum Gasteiger partial charge on any atom is -0.522 e. The Labute approximate surface area is 135 Å². The highest BCUT2D eigenvalue weighted by Crippen LogP contribution is 2.14. The van der Waals surface area contributed by atoms with Gasteiger partial charge in [-0.05, 0) is 36.4 Å². The standard InChI is InChI=1S/C19H14BNO2/c21-15-16-11-13-17(14-12-16)20(22-18-7-3-1-4-8-18)23-19-9-5-2-6-10-19/h1-14H. The number of benzene rings is 3. The number of nitrogens with zero attached hydrogens (tertiary/aromatic N) is 1. The van der Waals surface area contributed by atoms with E-state index in [9.17, 15) is 0 Å². The highest BCUT2D eigenvalue weighted by molar-refractivity contribution is 6.62. The molecular weight excluding hydrogens is 285 g/mol. The first-order chi connectivity index (χ1) is 11.3. The summed E-state index contributed by atoms with van der Waals surface area (Å²) in [6.45, 7) is 0. The third-order valence-electron chi connectivity index (χ3n) is 3.28. The summed E-state index contributed by atoms with van der Waals surface area (Å²) in [7, 11) is -0.590. The Morgan fingerprint density at radius 1 is 0.652 bits per heavy atom. The molecule has 0 aromatic heterocycles. The smallest absolute Gasteiger partial charge is 0.522 e. The molecule has 3 aromatic carbocycles. The molecule has 0 heterocycles. The van der Waals surface area contributed by atoms with Crippen LogP contribution in [-0.2, 0) is 0 Å². The predicted octanol–water partition coefficient (Wildman–Crippen LogP) is 3.41. The molecule has 4 heteroatoms. The van der Waals surface area contributed by atoms with Gasteiger partial charge in [0.05, 0.1) is 11.6 Å². The highest BCUT2D eigenvalue weighted by atomic mass is 16.6. The van der Waals surface area contributed by atoms with Gasteiger partial charge in [0.25, 0.3) is 0 Å². The van der Waals surface area contributed by atoms with Crippen LogP contribution in [0.3, 0.4) is 0 Å². The van der Waals surface area contributed by atoms with Crippen molar-refractivity contribution in [3.8, 4) is 17.6 Å². The van der Waals surface area contributed by atoms with Crippen molar-refractivity contribution in [1.82, 2.24) is 0 Å². The molecule has 3 rings (SSSR count). The lowest BCUT2D eigenvalue weighted by Gasteiger charge is -2.17. The van der Waals surface area contributed by atoms with E-state index in [4.69, 9.17) is 14.6 Å². The molecule has 3 nitrogen and oxygen atoms in total. The van der Waals surface area contributed by atoms with Crippen molar-refractivity contribution >= 4 is 12.6 Å². The number of nitriles is 1. The minimum atomic E-state index is -0.590. The summed E-state index contributed by atoms with van der Waals surface area (Å²) < 4.78 is 11.9. The van der Waals surface area contributed by atoms with Crippen LogP contribution in [0.4, 0.5) is 0 Å². The van der Waals surface area contributed by atoms with E-state index >= 15 is 0 Å². The lowest BCUT2D eigenvalue weighted by atomic mass is 9.78. The monoisotopic (exact) mass is 299 g/mol. The number of para-hydroxylation sites is 2. The van der Waals surface area contributed by atoms with Gasteiger partial charge in [-0.15, -0.1) is 0 Å². The molecule has 110 valence electrons. The molecule has 0 saturated carbocycles. The molecule has 0 unspecified atom stereocenters. The first kappa shape index (κ1) is 14.7. The minimum absolute atomic E-state index is 0.590. The second-order valence-corrected chi connectivity index (χ2v) is 4.93. The van der Waals surface area contributed by atoms with Crippen LogP contribution in [0.2, 0.25) is 0 Å². The zero-order chi connectivity index (χ0) is 15.9. The summed E-state index contributed by atoms with van der Waals surface area (Å²) in [6, 6.07) is 28.3. The Hall–Kier alpha value is -3.19. The Kier molecular flexibility index (Phi) is 4.61. The third-order valence-corrected chi connectivity index (χ3v) is 3.28. The maximum Gasteiger partial charge on any atom is 0.632 e. The number of hydrogen-bond acceptors (Lipinski definition) is 3. The molecule has 0 fully saturated rings. The summed E-state index contributed by atoms with van der Waals surface area (Å²) in [6.07, 6.45) is 0. The maximum atomic E-state index is 8.92. The molecule has 0 spiro atoms. The van der Waals surface area contributed by atoms with Gasteiger partial charge in [-0.25, -0.2) is 0 Å². The van der Waals surface area contributed by atoms with Crippen LogP contribution in [0.15, 0.2) is 84.9 Å². The lowest BCUT2D eigenvalue weighted by molar-refractivity contribution is 0.439.